The standard InChI is InChI=1S/C18H24N2/c1-2-5-15-6-4-11-20(13-15)14-17-8-3-7-16-12-19-10-9-18(16)17/h3,7-10,12,15H,2,4-6,11,13-14H2,1H3/t15-/m1/s1. The van der Waals surface area contributed by atoms with Gasteiger partial charge in [-0.1, -0.05) is 31.5 Å². The molecule has 1 aromatic heterocycles. The number of piperidine rings is 1. The Morgan fingerprint density at radius 2 is 2.25 bits per heavy atom. The van der Waals surface area contributed by atoms with Crippen LogP contribution in [0.2, 0.25) is 0 Å². The summed E-state index contributed by atoms with van der Waals surface area (Å²) in [4.78, 5) is 6.86. The van der Waals surface area contributed by atoms with Crippen LogP contribution < -0.4 is 0 Å². The lowest BCUT2D eigenvalue weighted by molar-refractivity contribution is 0.161. The number of pyridine rings is 1. The van der Waals surface area contributed by atoms with E-state index in [1.54, 1.807) is 0 Å². The highest BCUT2D eigenvalue weighted by Gasteiger charge is 2.19. The van der Waals surface area contributed by atoms with Crippen LogP contribution in [0, 0.1) is 5.92 Å². The normalized spacial score (nSPS) is 20.4. The molecule has 1 aliphatic heterocycles. The molecule has 2 nitrogen and oxygen atoms in total. The topological polar surface area (TPSA) is 16.1 Å². The van der Waals surface area contributed by atoms with Crippen molar-refractivity contribution in [1.82, 2.24) is 9.88 Å². The van der Waals surface area contributed by atoms with Crippen LogP contribution in [-0.4, -0.2) is 23.0 Å². The number of nitrogens with zero attached hydrogens (tertiary/aromatic N) is 2. The Morgan fingerprint density at radius 3 is 3.15 bits per heavy atom. The van der Waals surface area contributed by atoms with E-state index in [1.807, 2.05) is 12.4 Å². The first-order chi connectivity index (χ1) is 9.86. The minimum Gasteiger partial charge on any atom is -0.299 e. The van der Waals surface area contributed by atoms with Crippen molar-refractivity contribution in [2.75, 3.05) is 13.1 Å². The number of aromatic nitrogens is 1. The first-order valence-electron chi connectivity index (χ1n) is 7.91. The van der Waals surface area contributed by atoms with Crippen LogP contribution in [0.3, 0.4) is 0 Å². The molecule has 20 heavy (non-hydrogen) atoms. The predicted molar refractivity (Wildman–Crippen MR) is 84.7 cm³/mol. The van der Waals surface area contributed by atoms with Gasteiger partial charge < -0.3 is 0 Å². The molecule has 0 saturated carbocycles. The average Bonchev–Trinajstić information content (AvgIpc) is 2.48. The van der Waals surface area contributed by atoms with Gasteiger partial charge in [-0.3, -0.25) is 9.88 Å². The van der Waals surface area contributed by atoms with Gasteiger partial charge in [-0.2, -0.15) is 0 Å². The van der Waals surface area contributed by atoms with E-state index in [2.05, 4.69) is 41.1 Å². The van der Waals surface area contributed by atoms with Crippen LogP contribution in [0.25, 0.3) is 10.8 Å². The summed E-state index contributed by atoms with van der Waals surface area (Å²) in [6.07, 6.45) is 9.35. The van der Waals surface area contributed by atoms with Gasteiger partial charge in [0.05, 0.1) is 0 Å². The van der Waals surface area contributed by atoms with Gasteiger partial charge in [0, 0.05) is 30.9 Å². The Balaban J connectivity index is 1.76. The fourth-order valence-corrected chi connectivity index (χ4v) is 3.51. The number of hydrogen-bond acceptors (Lipinski definition) is 2. The Hall–Kier alpha value is -1.41. The first-order valence-corrected chi connectivity index (χ1v) is 7.91. The van der Waals surface area contributed by atoms with Crippen molar-refractivity contribution in [2.45, 2.75) is 39.2 Å². The zero-order chi connectivity index (χ0) is 13.8. The SMILES string of the molecule is CCC[C@@H]1CCCN(Cc2cccc3cnccc23)C1. The molecular weight excluding hydrogens is 244 g/mol. The van der Waals surface area contributed by atoms with E-state index in [4.69, 9.17) is 0 Å². The fraction of sp³-hybridized carbons (Fsp3) is 0.500. The lowest BCUT2D eigenvalue weighted by Gasteiger charge is -2.33. The van der Waals surface area contributed by atoms with Crippen LogP contribution in [0.4, 0.5) is 0 Å². The molecular formula is C18H24N2. The Bertz CT molecular complexity index is 557. The van der Waals surface area contributed by atoms with Crippen LogP contribution in [0.1, 0.15) is 38.2 Å². The molecule has 0 aliphatic carbocycles. The van der Waals surface area contributed by atoms with E-state index in [1.165, 1.54) is 55.1 Å². The molecule has 2 heteroatoms. The van der Waals surface area contributed by atoms with Gasteiger partial charge in [0.15, 0.2) is 0 Å². The van der Waals surface area contributed by atoms with Gasteiger partial charge in [-0.25, -0.2) is 0 Å². The highest BCUT2D eigenvalue weighted by molar-refractivity contribution is 5.84. The van der Waals surface area contributed by atoms with Gasteiger partial charge in [-0.15, -0.1) is 0 Å². The molecule has 1 fully saturated rings. The monoisotopic (exact) mass is 268 g/mol. The maximum absolute atomic E-state index is 4.22. The van der Waals surface area contributed by atoms with E-state index in [0.717, 1.165) is 12.5 Å². The largest absolute Gasteiger partial charge is 0.299 e. The number of fused-ring (bicyclic) bond motifs is 1. The minimum atomic E-state index is 0.908. The molecule has 0 radical (unpaired) electrons. The minimum absolute atomic E-state index is 0.908. The zero-order valence-corrected chi connectivity index (χ0v) is 12.4. The summed E-state index contributed by atoms with van der Waals surface area (Å²) in [5.74, 6) is 0.908. The second kappa shape index (κ2) is 6.36. The summed E-state index contributed by atoms with van der Waals surface area (Å²) in [6, 6.07) is 8.73. The molecule has 1 aliphatic rings. The van der Waals surface area contributed by atoms with Crippen LogP contribution in [0.5, 0.6) is 0 Å². The highest BCUT2D eigenvalue weighted by atomic mass is 15.1. The third kappa shape index (κ3) is 3.01. The van der Waals surface area contributed by atoms with Crippen molar-refractivity contribution >= 4 is 10.8 Å². The van der Waals surface area contributed by atoms with Gasteiger partial charge in [-0.05, 0) is 48.7 Å². The molecule has 1 aromatic carbocycles. The molecule has 0 bridgehead atoms. The molecule has 0 unspecified atom stereocenters. The summed E-state index contributed by atoms with van der Waals surface area (Å²) in [5.41, 5.74) is 1.45. The van der Waals surface area contributed by atoms with Gasteiger partial charge >= 0.3 is 0 Å². The number of likely N-dealkylation sites (tertiary alicyclic amines) is 1. The molecule has 0 N–H and O–H groups in total. The smallest absolute Gasteiger partial charge is 0.0346 e. The first kappa shape index (κ1) is 13.6. The Morgan fingerprint density at radius 1 is 1.30 bits per heavy atom. The van der Waals surface area contributed by atoms with Crippen molar-refractivity contribution in [2.24, 2.45) is 5.92 Å². The van der Waals surface area contributed by atoms with Crippen molar-refractivity contribution in [1.29, 1.82) is 0 Å². The van der Waals surface area contributed by atoms with Gasteiger partial charge in [0.2, 0.25) is 0 Å². The molecule has 0 spiro atoms. The molecule has 3 rings (SSSR count). The molecule has 1 atom stereocenters. The van der Waals surface area contributed by atoms with Crippen LogP contribution in [0.15, 0.2) is 36.7 Å². The van der Waals surface area contributed by atoms with Crippen LogP contribution >= 0.6 is 0 Å². The molecule has 1 saturated heterocycles. The van der Waals surface area contributed by atoms with E-state index < -0.39 is 0 Å². The maximum Gasteiger partial charge on any atom is 0.0346 e. The summed E-state index contributed by atoms with van der Waals surface area (Å²) < 4.78 is 0. The van der Waals surface area contributed by atoms with Crippen molar-refractivity contribution in [3.63, 3.8) is 0 Å². The molecule has 0 amide bonds. The summed E-state index contributed by atoms with van der Waals surface area (Å²) in [5, 5.41) is 2.62. The van der Waals surface area contributed by atoms with E-state index in [0.29, 0.717) is 0 Å². The average molecular weight is 268 g/mol. The highest BCUT2D eigenvalue weighted by Crippen LogP contribution is 2.24. The van der Waals surface area contributed by atoms with E-state index in [9.17, 15) is 0 Å². The van der Waals surface area contributed by atoms with Crippen molar-refractivity contribution < 1.29 is 0 Å². The second-order valence-corrected chi connectivity index (χ2v) is 6.05. The van der Waals surface area contributed by atoms with E-state index in [-0.39, 0.29) is 0 Å². The second-order valence-electron chi connectivity index (χ2n) is 6.05. The third-order valence-electron chi connectivity index (χ3n) is 4.47. The Labute approximate surface area is 121 Å². The van der Waals surface area contributed by atoms with Gasteiger partial charge in [0.25, 0.3) is 0 Å². The third-order valence-corrected chi connectivity index (χ3v) is 4.47. The quantitative estimate of drug-likeness (QED) is 0.824. The molecule has 106 valence electrons. The van der Waals surface area contributed by atoms with E-state index >= 15 is 0 Å². The number of hydrogen-bond donors (Lipinski definition) is 0. The fourth-order valence-electron chi connectivity index (χ4n) is 3.51. The lowest BCUT2D eigenvalue weighted by Crippen LogP contribution is -2.34. The predicted octanol–water partition coefficient (Wildman–Crippen LogP) is 4.25. The zero-order valence-electron chi connectivity index (χ0n) is 12.4. The van der Waals surface area contributed by atoms with Crippen molar-refractivity contribution in [3.05, 3.63) is 42.2 Å². The molecule has 2 heterocycles. The number of benzene rings is 1. The summed E-state index contributed by atoms with van der Waals surface area (Å²) >= 11 is 0. The van der Waals surface area contributed by atoms with Crippen molar-refractivity contribution in [3.8, 4) is 0 Å². The maximum atomic E-state index is 4.22. The van der Waals surface area contributed by atoms with Crippen LogP contribution in [-0.2, 0) is 6.54 Å². The number of rotatable bonds is 4. The lowest BCUT2D eigenvalue weighted by atomic mass is 9.93. The Kier molecular flexibility index (Phi) is 4.31. The van der Waals surface area contributed by atoms with Gasteiger partial charge in [0.1, 0.15) is 0 Å². The summed E-state index contributed by atoms with van der Waals surface area (Å²) in [6.45, 7) is 5.91. The molecule has 2 aromatic rings. The summed E-state index contributed by atoms with van der Waals surface area (Å²) in [7, 11) is 0.